The molecular weight excluding hydrogens is 200 g/mol. The Hall–Kier alpha value is -1.35. The fraction of sp³-hybridized carbons (Fsp3) is 0.462. The highest BCUT2D eigenvalue weighted by Gasteiger charge is 2.22. The van der Waals surface area contributed by atoms with Crippen LogP contribution in [0.1, 0.15) is 25.8 Å². The van der Waals surface area contributed by atoms with Crippen LogP contribution in [-0.4, -0.2) is 18.5 Å². The summed E-state index contributed by atoms with van der Waals surface area (Å²) >= 11 is 0. The van der Waals surface area contributed by atoms with Gasteiger partial charge in [-0.05, 0) is 18.6 Å². The van der Waals surface area contributed by atoms with Crippen LogP contribution in [0.3, 0.4) is 0 Å². The number of fused-ring (bicyclic) bond motifs is 1. The lowest BCUT2D eigenvalue weighted by Crippen LogP contribution is -2.39. The van der Waals surface area contributed by atoms with E-state index < -0.39 is 0 Å². The SMILES string of the molecule is CCC(=O)N1CC(C)NCc2ccccc21. The van der Waals surface area contributed by atoms with Crippen molar-refractivity contribution in [2.75, 3.05) is 11.4 Å². The van der Waals surface area contributed by atoms with Crippen molar-refractivity contribution in [2.45, 2.75) is 32.9 Å². The number of hydrogen-bond acceptors (Lipinski definition) is 2. The minimum absolute atomic E-state index is 0.197. The Morgan fingerprint density at radius 3 is 3.00 bits per heavy atom. The monoisotopic (exact) mass is 218 g/mol. The Kier molecular flexibility index (Phi) is 3.25. The molecule has 1 N–H and O–H groups in total. The zero-order valence-corrected chi connectivity index (χ0v) is 9.86. The van der Waals surface area contributed by atoms with Gasteiger partial charge in [-0.2, -0.15) is 0 Å². The number of nitrogens with zero attached hydrogens (tertiary/aromatic N) is 1. The van der Waals surface area contributed by atoms with Crippen LogP contribution in [-0.2, 0) is 11.3 Å². The molecule has 86 valence electrons. The number of carbonyl (C=O) groups excluding carboxylic acids is 1. The summed E-state index contributed by atoms with van der Waals surface area (Å²) in [6.07, 6.45) is 0.557. The third kappa shape index (κ3) is 2.09. The second-order valence-corrected chi connectivity index (χ2v) is 4.27. The topological polar surface area (TPSA) is 32.3 Å². The van der Waals surface area contributed by atoms with Gasteiger partial charge in [0.15, 0.2) is 0 Å². The second-order valence-electron chi connectivity index (χ2n) is 4.27. The van der Waals surface area contributed by atoms with E-state index in [4.69, 9.17) is 0 Å². The smallest absolute Gasteiger partial charge is 0.226 e. The van der Waals surface area contributed by atoms with E-state index in [0.717, 1.165) is 18.8 Å². The summed E-state index contributed by atoms with van der Waals surface area (Å²) in [5.41, 5.74) is 2.26. The molecule has 0 saturated heterocycles. The molecule has 3 nitrogen and oxygen atoms in total. The van der Waals surface area contributed by atoms with Gasteiger partial charge in [-0.1, -0.05) is 25.1 Å². The van der Waals surface area contributed by atoms with Crippen molar-refractivity contribution in [3.05, 3.63) is 29.8 Å². The van der Waals surface area contributed by atoms with Crippen LogP contribution in [0.25, 0.3) is 0 Å². The normalized spacial score (nSPS) is 20.1. The average Bonchev–Trinajstić information content (AvgIpc) is 2.48. The molecule has 1 heterocycles. The molecular formula is C13H18N2O. The standard InChI is InChI=1S/C13H18N2O/c1-3-13(16)15-9-10(2)14-8-11-6-4-5-7-12(11)15/h4-7,10,14H,3,8-9H2,1-2H3. The fourth-order valence-corrected chi connectivity index (χ4v) is 2.07. The van der Waals surface area contributed by atoms with Crippen molar-refractivity contribution < 1.29 is 4.79 Å². The molecule has 0 spiro atoms. The van der Waals surface area contributed by atoms with E-state index in [1.54, 1.807) is 0 Å². The van der Waals surface area contributed by atoms with E-state index >= 15 is 0 Å². The summed E-state index contributed by atoms with van der Waals surface area (Å²) in [5, 5.41) is 3.42. The molecule has 1 aliphatic heterocycles. The molecule has 1 atom stereocenters. The summed E-state index contributed by atoms with van der Waals surface area (Å²) in [7, 11) is 0. The van der Waals surface area contributed by atoms with E-state index in [-0.39, 0.29) is 5.91 Å². The molecule has 1 aromatic carbocycles. The van der Waals surface area contributed by atoms with Gasteiger partial charge in [-0.15, -0.1) is 0 Å². The van der Waals surface area contributed by atoms with E-state index in [2.05, 4.69) is 18.3 Å². The van der Waals surface area contributed by atoms with Crippen molar-refractivity contribution >= 4 is 11.6 Å². The van der Waals surface area contributed by atoms with Gasteiger partial charge in [0.25, 0.3) is 0 Å². The Morgan fingerprint density at radius 1 is 1.50 bits per heavy atom. The Labute approximate surface area is 96.5 Å². The van der Waals surface area contributed by atoms with Gasteiger partial charge in [0.2, 0.25) is 5.91 Å². The van der Waals surface area contributed by atoms with Gasteiger partial charge in [0, 0.05) is 31.2 Å². The molecule has 0 aromatic heterocycles. The van der Waals surface area contributed by atoms with Crippen LogP contribution in [0, 0.1) is 0 Å². The lowest BCUT2D eigenvalue weighted by Gasteiger charge is -2.23. The summed E-state index contributed by atoms with van der Waals surface area (Å²) in [5.74, 6) is 0.197. The largest absolute Gasteiger partial charge is 0.311 e. The minimum atomic E-state index is 0.197. The maximum atomic E-state index is 11.9. The summed E-state index contributed by atoms with van der Waals surface area (Å²) in [4.78, 5) is 13.8. The highest BCUT2D eigenvalue weighted by atomic mass is 16.2. The highest BCUT2D eigenvalue weighted by molar-refractivity contribution is 5.94. The lowest BCUT2D eigenvalue weighted by atomic mass is 10.1. The molecule has 1 aromatic rings. The van der Waals surface area contributed by atoms with Crippen LogP contribution in [0.15, 0.2) is 24.3 Å². The van der Waals surface area contributed by atoms with Crippen molar-refractivity contribution in [1.29, 1.82) is 0 Å². The number of hydrogen-bond donors (Lipinski definition) is 1. The van der Waals surface area contributed by atoms with Gasteiger partial charge in [0.05, 0.1) is 0 Å². The maximum Gasteiger partial charge on any atom is 0.226 e. The molecule has 0 bridgehead atoms. The van der Waals surface area contributed by atoms with Gasteiger partial charge in [0.1, 0.15) is 0 Å². The first-order valence-corrected chi connectivity index (χ1v) is 5.84. The predicted octanol–water partition coefficient (Wildman–Crippen LogP) is 1.92. The molecule has 1 amide bonds. The van der Waals surface area contributed by atoms with Crippen LogP contribution >= 0.6 is 0 Å². The average molecular weight is 218 g/mol. The number of anilines is 1. The van der Waals surface area contributed by atoms with Crippen molar-refractivity contribution in [2.24, 2.45) is 0 Å². The van der Waals surface area contributed by atoms with Gasteiger partial charge in [-0.25, -0.2) is 0 Å². The number of amides is 1. The summed E-state index contributed by atoms with van der Waals surface area (Å²) in [6.45, 7) is 5.62. The van der Waals surface area contributed by atoms with Crippen molar-refractivity contribution in [3.63, 3.8) is 0 Å². The Balaban J connectivity index is 2.38. The molecule has 1 aliphatic rings. The Morgan fingerprint density at radius 2 is 2.25 bits per heavy atom. The van der Waals surface area contributed by atoms with E-state index in [1.807, 2.05) is 30.0 Å². The number of carbonyl (C=O) groups is 1. The zero-order valence-electron chi connectivity index (χ0n) is 9.86. The van der Waals surface area contributed by atoms with Crippen LogP contribution in [0.5, 0.6) is 0 Å². The third-order valence-electron chi connectivity index (χ3n) is 2.98. The molecule has 0 aliphatic carbocycles. The van der Waals surface area contributed by atoms with E-state index in [9.17, 15) is 4.79 Å². The van der Waals surface area contributed by atoms with Crippen molar-refractivity contribution in [3.8, 4) is 0 Å². The maximum absolute atomic E-state index is 11.9. The first kappa shape index (κ1) is 11.1. The summed E-state index contributed by atoms with van der Waals surface area (Å²) < 4.78 is 0. The molecule has 16 heavy (non-hydrogen) atoms. The van der Waals surface area contributed by atoms with Gasteiger partial charge >= 0.3 is 0 Å². The fourth-order valence-electron chi connectivity index (χ4n) is 2.07. The second kappa shape index (κ2) is 4.66. The first-order chi connectivity index (χ1) is 7.72. The van der Waals surface area contributed by atoms with E-state index in [0.29, 0.717) is 12.5 Å². The number of para-hydroxylation sites is 1. The van der Waals surface area contributed by atoms with Crippen LogP contribution < -0.4 is 10.2 Å². The number of nitrogens with one attached hydrogen (secondary N) is 1. The third-order valence-corrected chi connectivity index (χ3v) is 2.98. The molecule has 3 heteroatoms. The Bertz CT molecular complexity index is 389. The van der Waals surface area contributed by atoms with Crippen LogP contribution in [0.2, 0.25) is 0 Å². The van der Waals surface area contributed by atoms with Gasteiger partial charge < -0.3 is 10.2 Å². The van der Waals surface area contributed by atoms with Crippen molar-refractivity contribution in [1.82, 2.24) is 5.32 Å². The highest BCUT2D eigenvalue weighted by Crippen LogP contribution is 2.23. The van der Waals surface area contributed by atoms with Gasteiger partial charge in [-0.3, -0.25) is 4.79 Å². The molecule has 1 unspecified atom stereocenters. The lowest BCUT2D eigenvalue weighted by molar-refractivity contribution is -0.118. The molecule has 0 fully saturated rings. The number of rotatable bonds is 1. The predicted molar refractivity (Wildman–Crippen MR) is 65.4 cm³/mol. The first-order valence-electron chi connectivity index (χ1n) is 5.84. The number of benzene rings is 1. The minimum Gasteiger partial charge on any atom is -0.311 e. The van der Waals surface area contributed by atoms with Crippen LogP contribution in [0.4, 0.5) is 5.69 Å². The molecule has 0 saturated carbocycles. The quantitative estimate of drug-likeness (QED) is 0.781. The summed E-state index contributed by atoms with van der Waals surface area (Å²) in [6, 6.07) is 8.46. The van der Waals surface area contributed by atoms with E-state index in [1.165, 1.54) is 5.56 Å². The molecule has 2 rings (SSSR count). The zero-order chi connectivity index (χ0) is 11.5. The molecule has 0 radical (unpaired) electrons.